The topological polar surface area (TPSA) is 35.6 Å². The zero-order valence-electron chi connectivity index (χ0n) is 12.7. The molecule has 2 saturated heterocycles. The lowest BCUT2D eigenvalue weighted by molar-refractivity contribution is -0.134. The lowest BCUT2D eigenvalue weighted by atomic mass is 9.78. The van der Waals surface area contributed by atoms with Crippen LogP contribution >= 0.6 is 24.8 Å². The van der Waals surface area contributed by atoms with Crippen LogP contribution < -0.4 is 5.32 Å². The van der Waals surface area contributed by atoms with Crippen molar-refractivity contribution in [1.82, 2.24) is 15.1 Å². The molecule has 0 radical (unpaired) electrons. The Bertz CT molecular complexity index is 286. The molecule has 20 heavy (non-hydrogen) atoms. The first-order valence-electron chi connectivity index (χ1n) is 7.32. The maximum atomic E-state index is 12.2. The van der Waals surface area contributed by atoms with E-state index in [4.69, 9.17) is 0 Å². The Labute approximate surface area is 135 Å². The van der Waals surface area contributed by atoms with E-state index in [1.807, 2.05) is 7.05 Å². The lowest BCUT2D eigenvalue weighted by Gasteiger charge is -2.39. The summed E-state index contributed by atoms with van der Waals surface area (Å²) >= 11 is 0. The number of amides is 1. The van der Waals surface area contributed by atoms with Crippen molar-refractivity contribution >= 4 is 30.7 Å². The molecule has 2 aliphatic heterocycles. The van der Waals surface area contributed by atoms with E-state index in [-0.39, 0.29) is 24.8 Å². The zero-order chi connectivity index (χ0) is 13.0. The van der Waals surface area contributed by atoms with Crippen LogP contribution in [-0.2, 0) is 4.79 Å². The number of likely N-dealkylation sites (N-methyl/N-ethyl adjacent to an activating group) is 1. The SMILES string of the molecule is CCCN(C)CC(=O)N1CCC2(CCNC2)CC1.Cl.Cl. The van der Waals surface area contributed by atoms with E-state index in [0.717, 1.165) is 39.1 Å². The summed E-state index contributed by atoms with van der Waals surface area (Å²) in [6.07, 6.45) is 4.77. The number of piperidine rings is 1. The van der Waals surface area contributed by atoms with Gasteiger partial charge in [0.1, 0.15) is 0 Å². The van der Waals surface area contributed by atoms with E-state index in [0.29, 0.717) is 17.9 Å². The van der Waals surface area contributed by atoms with Crippen molar-refractivity contribution in [2.45, 2.75) is 32.6 Å². The maximum absolute atomic E-state index is 12.2. The molecule has 0 bridgehead atoms. The summed E-state index contributed by atoms with van der Waals surface area (Å²) in [5.41, 5.74) is 0.506. The van der Waals surface area contributed by atoms with Gasteiger partial charge in [-0.05, 0) is 51.2 Å². The molecule has 2 rings (SSSR count). The van der Waals surface area contributed by atoms with Crippen LogP contribution in [0.15, 0.2) is 0 Å². The Morgan fingerprint density at radius 2 is 1.90 bits per heavy atom. The summed E-state index contributed by atoms with van der Waals surface area (Å²) in [4.78, 5) is 16.3. The molecule has 2 aliphatic rings. The number of hydrogen-bond acceptors (Lipinski definition) is 3. The van der Waals surface area contributed by atoms with Crippen molar-refractivity contribution in [3.05, 3.63) is 0 Å². The van der Waals surface area contributed by atoms with Gasteiger partial charge in [0.15, 0.2) is 0 Å². The first-order valence-corrected chi connectivity index (χ1v) is 7.32. The van der Waals surface area contributed by atoms with Crippen molar-refractivity contribution < 1.29 is 4.79 Å². The molecule has 2 heterocycles. The third-order valence-corrected chi connectivity index (χ3v) is 4.52. The molecule has 2 fully saturated rings. The zero-order valence-corrected chi connectivity index (χ0v) is 14.3. The summed E-state index contributed by atoms with van der Waals surface area (Å²) in [6, 6.07) is 0. The number of rotatable bonds is 4. The van der Waals surface area contributed by atoms with Gasteiger partial charge >= 0.3 is 0 Å². The van der Waals surface area contributed by atoms with Crippen molar-refractivity contribution in [3.63, 3.8) is 0 Å². The minimum absolute atomic E-state index is 0. The summed E-state index contributed by atoms with van der Waals surface area (Å²) < 4.78 is 0. The van der Waals surface area contributed by atoms with E-state index in [2.05, 4.69) is 22.0 Å². The van der Waals surface area contributed by atoms with Crippen LogP contribution in [0.25, 0.3) is 0 Å². The minimum atomic E-state index is 0. The van der Waals surface area contributed by atoms with Gasteiger partial charge in [-0.2, -0.15) is 0 Å². The molecule has 0 aromatic rings. The first-order chi connectivity index (χ1) is 8.65. The van der Waals surface area contributed by atoms with Crippen molar-refractivity contribution in [3.8, 4) is 0 Å². The molecule has 0 aliphatic carbocycles. The quantitative estimate of drug-likeness (QED) is 0.855. The molecule has 1 amide bonds. The van der Waals surface area contributed by atoms with Gasteiger partial charge in [0.05, 0.1) is 6.54 Å². The van der Waals surface area contributed by atoms with Gasteiger partial charge in [-0.25, -0.2) is 0 Å². The summed E-state index contributed by atoms with van der Waals surface area (Å²) in [7, 11) is 2.04. The molecule has 0 atom stereocenters. The Morgan fingerprint density at radius 1 is 1.25 bits per heavy atom. The van der Waals surface area contributed by atoms with Gasteiger partial charge in [-0.3, -0.25) is 9.69 Å². The predicted molar refractivity (Wildman–Crippen MR) is 88.0 cm³/mol. The third-order valence-electron chi connectivity index (χ3n) is 4.52. The van der Waals surface area contributed by atoms with Gasteiger partial charge in [-0.1, -0.05) is 6.92 Å². The molecule has 0 saturated carbocycles. The second-order valence-electron chi connectivity index (χ2n) is 6.05. The molecular weight excluding hydrogens is 297 g/mol. The van der Waals surface area contributed by atoms with Crippen molar-refractivity contribution in [1.29, 1.82) is 0 Å². The maximum Gasteiger partial charge on any atom is 0.236 e. The molecule has 4 nitrogen and oxygen atoms in total. The Balaban J connectivity index is 0.00000180. The number of halogens is 2. The second kappa shape index (κ2) is 9.08. The average molecular weight is 326 g/mol. The van der Waals surface area contributed by atoms with Crippen LogP contribution in [0.3, 0.4) is 0 Å². The van der Waals surface area contributed by atoms with Gasteiger partial charge in [-0.15, -0.1) is 24.8 Å². The molecule has 1 N–H and O–H groups in total. The highest BCUT2D eigenvalue weighted by Gasteiger charge is 2.37. The minimum Gasteiger partial charge on any atom is -0.342 e. The van der Waals surface area contributed by atoms with Gasteiger partial charge in [0.25, 0.3) is 0 Å². The smallest absolute Gasteiger partial charge is 0.236 e. The number of nitrogens with one attached hydrogen (secondary N) is 1. The second-order valence-corrected chi connectivity index (χ2v) is 6.05. The first kappa shape index (κ1) is 20.0. The van der Waals surface area contributed by atoms with Crippen LogP contribution in [0.4, 0.5) is 0 Å². The molecule has 0 aromatic heterocycles. The Kier molecular flexibility index (Phi) is 9.07. The van der Waals surface area contributed by atoms with Crippen LogP contribution in [0.2, 0.25) is 0 Å². The van der Waals surface area contributed by atoms with Crippen molar-refractivity contribution in [2.75, 3.05) is 46.3 Å². The Hall–Kier alpha value is -0.0300. The lowest BCUT2D eigenvalue weighted by Crippen LogP contribution is -2.47. The largest absolute Gasteiger partial charge is 0.342 e. The van der Waals surface area contributed by atoms with E-state index < -0.39 is 0 Å². The highest BCUT2D eigenvalue weighted by atomic mass is 35.5. The highest BCUT2D eigenvalue weighted by molar-refractivity contribution is 5.85. The number of carbonyl (C=O) groups is 1. The van der Waals surface area contributed by atoms with Crippen LogP contribution in [0.5, 0.6) is 0 Å². The van der Waals surface area contributed by atoms with Gasteiger partial charge < -0.3 is 10.2 Å². The van der Waals surface area contributed by atoms with Crippen LogP contribution in [-0.4, -0.2) is 62.0 Å². The Morgan fingerprint density at radius 3 is 2.40 bits per heavy atom. The number of nitrogens with zero attached hydrogens (tertiary/aromatic N) is 2. The van der Waals surface area contributed by atoms with E-state index in [1.165, 1.54) is 19.3 Å². The number of likely N-dealkylation sites (tertiary alicyclic amines) is 1. The van der Waals surface area contributed by atoms with E-state index >= 15 is 0 Å². The molecular formula is C14H29Cl2N3O. The molecule has 0 unspecified atom stereocenters. The van der Waals surface area contributed by atoms with Gasteiger partial charge in [0.2, 0.25) is 5.91 Å². The van der Waals surface area contributed by atoms with E-state index in [1.54, 1.807) is 0 Å². The monoisotopic (exact) mass is 325 g/mol. The fourth-order valence-corrected chi connectivity index (χ4v) is 3.24. The molecule has 0 aromatic carbocycles. The normalized spacial score (nSPS) is 20.6. The van der Waals surface area contributed by atoms with Crippen molar-refractivity contribution in [2.24, 2.45) is 5.41 Å². The average Bonchev–Trinajstić information content (AvgIpc) is 2.78. The number of hydrogen-bond donors (Lipinski definition) is 1. The fraction of sp³-hybridized carbons (Fsp3) is 0.929. The highest BCUT2D eigenvalue weighted by Crippen LogP contribution is 2.36. The fourth-order valence-electron chi connectivity index (χ4n) is 3.24. The predicted octanol–water partition coefficient (Wildman–Crippen LogP) is 1.77. The third kappa shape index (κ3) is 5.06. The summed E-state index contributed by atoms with van der Waals surface area (Å²) in [6.45, 7) is 7.98. The number of carbonyl (C=O) groups excluding carboxylic acids is 1. The van der Waals surface area contributed by atoms with Crippen LogP contribution in [0, 0.1) is 5.41 Å². The summed E-state index contributed by atoms with van der Waals surface area (Å²) in [5, 5.41) is 3.46. The summed E-state index contributed by atoms with van der Waals surface area (Å²) in [5.74, 6) is 0.312. The standard InChI is InChI=1S/C14H27N3O.2ClH/c1-3-8-16(2)11-13(18)17-9-5-14(6-10-17)4-7-15-12-14;;/h15H,3-12H2,1-2H3;2*1H. The molecule has 120 valence electrons. The van der Waals surface area contributed by atoms with Crippen LogP contribution in [0.1, 0.15) is 32.6 Å². The molecule has 6 heteroatoms. The van der Waals surface area contributed by atoms with E-state index in [9.17, 15) is 4.79 Å². The molecule has 1 spiro atoms. The van der Waals surface area contributed by atoms with Gasteiger partial charge in [0, 0.05) is 19.6 Å².